The van der Waals surface area contributed by atoms with Gasteiger partial charge in [0.2, 0.25) is 0 Å². The van der Waals surface area contributed by atoms with Crippen LogP contribution >= 0.6 is 15.9 Å². The van der Waals surface area contributed by atoms with Gasteiger partial charge in [-0.1, -0.05) is 28.9 Å². The molecule has 2 rings (SSSR count). The van der Waals surface area contributed by atoms with Gasteiger partial charge in [-0.25, -0.2) is 0 Å². The zero-order valence-corrected chi connectivity index (χ0v) is 14.2. The minimum absolute atomic E-state index is 0.310. The highest BCUT2D eigenvalue weighted by Gasteiger charge is 2.28. The Bertz CT molecular complexity index is 438. The van der Waals surface area contributed by atoms with Crippen LogP contribution in [0.25, 0.3) is 0 Å². The Kier molecular flexibility index (Phi) is 5.87. The van der Waals surface area contributed by atoms with E-state index < -0.39 is 0 Å². The molecule has 3 nitrogen and oxygen atoms in total. The lowest BCUT2D eigenvalue weighted by atomic mass is 10.1. The van der Waals surface area contributed by atoms with Crippen LogP contribution in [0.3, 0.4) is 0 Å². The first kappa shape index (κ1) is 15.8. The fraction of sp³-hybridized carbons (Fsp3) is 0.625. The highest BCUT2D eigenvalue weighted by Crippen LogP contribution is 2.28. The standard InChI is InChI=1S/C16H25BrN2O/c1-4-8-18-11-13-5-6-14(10-15(13)17)19(3)16-7-9-20-12(16)2/h5-6,10,12,16,18H,4,7-9,11H2,1-3H3. The van der Waals surface area contributed by atoms with Crippen molar-refractivity contribution in [2.24, 2.45) is 0 Å². The minimum atomic E-state index is 0.310. The smallest absolute Gasteiger partial charge is 0.0750 e. The van der Waals surface area contributed by atoms with E-state index in [4.69, 9.17) is 4.74 Å². The van der Waals surface area contributed by atoms with Crippen LogP contribution in [-0.4, -0.2) is 32.3 Å². The number of ether oxygens (including phenoxy) is 1. The molecule has 0 aromatic heterocycles. The molecule has 0 spiro atoms. The molecule has 0 aliphatic carbocycles. The van der Waals surface area contributed by atoms with E-state index in [0.717, 1.165) is 32.5 Å². The molecule has 0 radical (unpaired) electrons. The highest BCUT2D eigenvalue weighted by atomic mass is 79.9. The van der Waals surface area contributed by atoms with E-state index in [9.17, 15) is 0 Å². The van der Waals surface area contributed by atoms with E-state index in [-0.39, 0.29) is 0 Å². The van der Waals surface area contributed by atoms with Gasteiger partial charge in [-0.3, -0.25) is 0 Å². The van der Waals surface area contributed by atoms with Crippen molar-refractivity contribution in [2.45, 2.75) is 45.4 Å². The topological polar surface area (TPSA) is 24.5 Å². The number of likely N-dealkylation sites (N-methyl/N-ethyl adjacent to an activating group) is 1. The van der Waals surface area contributed by atoms with Crippen LogP contribution in [0.5, 0.6) is 0 Å². The Hall–Kier alpha value is -0.580. The summed E-state index contributed by atoms with van der Waals surface area (Å²) in [6.45, 7) is 7.19. The summed E-state index contributed by atoms with van der Waals surface area (Å²) in [5.41, 5.74) is 2.56. The Morgan fingerprint density at radius 3 is 2.85 bits per heavy atom. The molecule has 1 fully saturated rings. The van der Waals surface area contributed by atoms with Crippen LogP contribution in [0.1, 0.15) is 32.3 Å². The molecular formula is C16H25BrN2O. The van der Waals surface area contributed by atoms with Crippen LogP contribution in [-0.2, 0) is 11.3 Å². The molecule has 2 atom stereocenters. The first-order chi connectivity index (χ1) is 9.63. The van der Waals surface area contributed by atoms with Crippen LogP contribution in [0.2, 0.25) is 0 Å². The van der Waals surface area contributed by atoms with Gasteiger partial charge in [-0.2, -0.15) is 0 Å². The molecule has 4 heteroatoms. The first-order valence-corrected chi connectivity index (χ1v) is 8.26. The minimum Gasteiger partial charge on any atom is -0.376 e. The van der Waals surface area contributed by atoms with Crippen molar-refractivity contribution in [3.8, 4) is 0 Å². The normalized spacial score (nSPS) is 22.2. The number of hydrogen-bond donors (Lipinski definition) is 1. The average Bonchev–Trinajstić information content (AvgIpc) is 2.86. The van der Waals surface area contributed by atoms with E-state index in [1.165, 1.54) is 15.7 Å². The second kappa shape index (κ2) is 7.43. The Morgan fingerprint density at radius 2 is 2.25 bits per heavy atom. The lowest BCUT2D eigenvalue weighted by Crippen LogP contribution is -2.36. The van der Waals surface area contributed by atoms with Crippen molar-refractivity contribution in [3.63, 3.8) is 0 Å². The quantitative estimate of drug-likeness (QED) is 0.801. The summed E-state index contributed by atoms with van der Waals surface area (Å²) < 4.78 is 6.84. The molecule has 1 saturated heterocycles. The van der Waals surface area contributed by atoms with E-state index >= 15 is 0 Å². The maximum Gasteiger partial charge on any atom is 0.0750 e. The molecule has 2 unspecified atom stereocenters. The van der Waals surface area contributed by atoms with Crippen LogP contribution in [0.4, 0.5) is 5.69 Å². The summed E-state index contributed by atoms with van der Waals surface area (Å²) in [4.78, 5) is 2.34. The van der Waals surface area contributed by atoms with Gasteiger partial charge in [0.1, 0.15) is 0 Å². The van der Waals surface area contributed by atoms with Gasteiger partial charge in [0, 0.05) is 30.4 Å². The van der Waals surface area contributed by atoms with Gasteiger partial charge in [0.15, 0.2) is 0 Å². The fourth-order valence-electron chi connectivity index (χ4n) is 2.72. The van der Waals surface area contributed by atoms with Crippen LogP contribution in [0.15, 0.2) is 22.7 Å². The highest BCUT2D eigenvalue weighted by molar-refractivity contribution is 9.10. The number of nitrogens with zero attached hydrogens (tertiary/aromatic N) is 1. The molecule has 1 aromatic carbocycles. The van der Waals surface area contributed by atoms with Crippen molar-refractivity contribution in [3.05, 3.63) is 28.2 Å². The summed E-state index contributed by atoms with van der Waals surface area (Å²) in [5.74, 6) is 0. The van der Waals surface area contributed by atoms with Gasteiger partial charge in [0.25, 0.3) is 0 Å². The average molecular weight is 341 g/mol. The molecular weight excluding hydrogens is 316 g/mol. The van der Waals surface area contributed by atoms with Crippen molar-refractivity contribution in [2.75, 3.05) is 25.1 Å². The van der Waals surface area contributed by atoms with Crippen molar-refractivity contribution in [1.82, 2.24) is 5.32 Å². The maximum absolute atomic E-state index is 5.66. The van der Waals surface area contributed by atoms with Gasteiger partial charge in [-0.15, -0.1) is 0 Å². The van der Waals surface area contributed by atoms with Crippen LogP contribution in [0, 0.1) is 0 Å². The summed E-state index contributed by atoms with van der Waals surface area (Å²) in [7, 11) is 2.16. The lowest BCUT2D eigenvalue weighted by Gasteiger charge is -2.29. The summed E-state index contributed by atoms with van der Waals surface area (Å²) in [5, 5.41) is 3.44. The third kappa shape index (κ3) is 3.74. The molecule has 1 aromatic rings. The monoisotopic (exact) mass is 340 g/mol. The zero-order valence-electron chi connectivity index (χ0n) is 12.7. The molecule has 1 N–H and O–H groups in total. The lowest BCUT2D eigenvalue weighted by molar-refractivity contribution is 0.118. The summed E-state index contributed by atoms with van der Waals surface area (Å²) in [6, 6.07) is 7.11. The van der Waals surface area contributed by atoms with Gasteiger partial charge in [-0.05, 0) is 44.0 Å². The SMILES string of the molecule is CCCNCc1ccc(N(C)C2CCOC2C)cc1Br. The van der Waals surface area contributed by atoms with Gasteiger partial charge in [0.05, 0.1) is 12.1 Å². The molecule has 112 valence electrons. The maximum atomic E-state index is 5.66. The number of nitrogens with one attached hydrogen (secondary N) is 1. The Balaban J connectivity index is 2.04. The molecule has 1 aliphatic heterocycles. The molecule has 1 heterocycles. The summed E-state index contributed by atoms with van der Waals surface area (Å²) >= 11 is 3.69. The van der Waals surface area contributed by atoms with E-state index in [0.29, 0.717) is 12.1 Å². The van der Waals surface area contributed by atoms with Crippen LogP contribution < -0.4 is 10.2 Å². The number of benzene rings is 1. The number of hydrogen-bond acceptors (Lipinski definition) is 3. The third-order valence-corrected chi connectivity index (χ3v) is 4.76. The van der Waals surface area contributed by atoms with E-state index in [2.05, 4.69) is 65.2 Å². The third-order valence-electron chi connectivity index (χ3n) is 4.02. The molecule has 20 heavy (non-hydrogen) atoms. The van der Waals surface area contributed by atoms with Crippen molar-refractivity contribution in [1.29, 1.82) is 0 Å². The van der Waals surface area contributed by atoms with Crippen molar-refractivity contribution >= 4 is 21.6 Å². The van der Waals surface area contributed by atoms with E-state index in [1.807, 2.05) is 0 Å². The Morgan fingerprint density at radius 1 is 1.45 bits per heavy atom. The predicted octanol–water partition coefficient (Wildman–Crippen LogP) is 3.56. The second-order valence-electron chi connectivity index (χ2n) is 5.50. The second-order valence-corrected chi connectivity index (χ2v) is 6.35. The van der Waals surface area contributed by atoms with E-state index in [1.54, 1.807) is 0 Å². The largest absolute Gasteiger partial charge is 0.376 e. The Labute approximate surface area is 130 Å². The predicted molar refractivity (Wildman–Crippen MR) is 88.4 cm³/mol. The molecule has 0 bridgehead atoms. The fourth-order valence-corrected chi connectivity index (χ4v) is 3.23. The molecule has 0 amide bonds. The van der Waals surface area contributed by atoms with Gasteiger partial charge >= 0.3 is 0 Å². The zero-order chi connectivity index (χ0) is 14.5. The molecule has 1 aliphatic rings. The summed E-state index contributed by atoms with van der Waals surface area (Å²) in [6.07, 6.45) is 2.58. The van der Waals surface area contributed by atoms with Crippen molar-refractivity contribution < 1.29 is 4.74 Å². The first-order valence-electron chi connectivity index (χ1n) is 7.47. The molecule has 0 saturated carbocycles. The number of halogens is 1. The van der Waals surface area contributed by atoms with Gasteiger partial charge < -0.3 is 15.0 Å². The number of anilines is 1. The number of rotatable bonds is 6.